The van der Waals surface area contributed by atoms with E-state index in [1.165, 1.54) is 18.4 Å². The van der Waals surface area contributed by atoms with Crippen molar-refractivity contribution in [1.29, 1.82) is 0 Å². The SMILES string of the molecule is COC(=O)c1[nH]c2ccc(Cl)cc2c1NC(=O)CC[NH+]1C[C@H](C)C[C@H](C)C1. The van der Waals surface area contributed by atoms with E-state index in [2.05, 4.69) is 24.1 Å². The Bertz CT molecular complexity index is 838. The second-order valence-corrected chi connectivity index (χ2v) is 8.15. The predicted octanol–water partition coefficient (Wildman–Crippen LogP) is 2.50. The van der Waals surface area contributed by atoms with E-state index in [0.717, 1.165) is 25.2 Å². The summed E-state index contributed by atoms with van der Waals surface area (Å²) in [5, 5.41) is 4.13. The molecule has 146 valence electrons. The summed E-state index contributed by atoms with van der Waals surface area (Å²) in [6.45, 7) is 7.54. The fraction of sp³-hybridized carbons (Fsp3) is 0.500. The molecular weight excluding hydrogens is 366 g/mol. The molecule has 6 nitrogen and oxygen atoms in total. The average Bonchev–Trinajstić information content (AvgIpc) is 2.96. The largest absolute Gasteiger partial charge is 0.464 e. The summed E-state index contributed by atoms with van der Waals surface area (Å²) in [4.78, 5) is 29.2. The van der Waals surface area contributed by atoms with Crippen molar-refractivity contribution in [2.45, 2.75) is 26.7 Å². The lowest BCUT2D eigenvalue weighted by Crippen LogP contribution is -3.14. The second kappa shape index (κ2) is 8.31. The van der Waals surface area contributed by atoms with Crippen LogP contribution in [0.15, 0.2) is 18.2 Å². The number of rotatable bonds is 5. The maximum absolute atomic E-state index is 12.6. The lowest BCUT2D eigenvalue weighted by Gasteiger charge is -2.31. The van der Waals surface area contributed by atoms with Crippen LogP contribution < -0.4 is 10.2 Å². The number of benzene rings is 1. The van der Waals surface area contributed by atoms with Gasteiger partial charge < -0.3 is 19.9 Å². The van der Waals surface area contributed by atoms with Crippen LogP contribution in [0.3, 0.4) is 0 Å². The molecule has 0 saturated carbocycles. The van der Waals surface area contributed by atoms with Gasteiger partial charge in [-0.15, -0.1) is 0 Å². The Kier molecular flexibility index (Phi) is 6.07. The lowest BCUT2D eigenvalue weighted by molar-refractivity contribution is -0.911. The highest BCUT2D eigenvalue weighted by Crippen LogP contribution is 2.30. The number of fused-ring (bicyclic) bond motifs is 1. The number of H-pyrrole nitrogens is 1. The normalized spacial score (nSPS) is 22.6. The molecule has 1 amide bonds. The summed E-state index contributed by atoms with van der Waals surface area (Å²) in [6, 6.07) is 5.24. The van der Waals surface area contributed by atoms with Gasteiger partial charge in [-0.3, -0.25) is 4.79 Å². The molecule has 2 aromatic rings. The van der Waals surface area contributed by atoms with Crippen LogP contribution in [0, 0.1) is 11.8 Å². The number of likely N-dealkylation sites (tertiary alicyclic amines) is 1. The van der Waals surface area contributed by atoms with Crippen LogP contribution in [0.1, 0.15) is 37.2 Å². The molecule has 7 heteroatoms. The smallest absolute Gasteiger partial charge is 0.356 e. The molecule has 2 heterocycles. The van der Waals surface area contributed by atoms with E-state index in [9.17, 15) is 9.59 Å². The fourth-order valence-electron chi connectivity index (χ4n) is 4.17. The minimum absolute atomic E-state index is 0.112. The zero-order valence-corrected chi connectivity index (χ0v) is 16.8. The van der Waals surface area contributed by atoms with Gasteiger partial charge in [0.15, 0.2) is 0 Å². The van der Waals surface area contributed by atoms with Crippen molar-refractivity contribution in [3.63, 3.8) is 0 Å². The monoisotopic (exact) mass is 392 g/mol. The third kappa shape index (κ3) is 4.62. The van der Waals surface area contributed by atoms with Crippen molar-refractivity contribution >= 4 is 40.1 Å². The number of aromatic amines is 1. The first-order chi connectivity index (χ1) is 12.9. The number of anilines is 1. The topological polar surface area (TPSA) is 75.6 Å². The van der Waals surface area contributed by atoms with Crippen molar-refractivity contribution in [3.8, 4) is 0 Å². The van der Waals surface area contributed by atoms with Gasteiger partial charge >= 0.3 is 5.97 Å². The fourth-order valence-corrected chi connectivity index (χ4v) is 4.34. The Morgan fingerprint density at radius 2 is 2.00 bits per heavy atom. The molecule has 3 N–H and O–H groups in total. The number of nitrogens with one attached hydrogen (secondary N) is 3. The van der Waals surface area contributed by atoms with Crippen LogP contribution >= 0.6 is 11.6 Å². The van der Waals surface area contributed by atoms with E-state index in [-0.39, 0.29) is 11.6 Å². The Hall–Kier alpha value is -2.05. The van der Waals surface area contributed by atoms with E-state index in [1.807, 2.05) is 0 Å². The van der Waals surface area contributed by atoms with Crippen molar-refractivity contribution in [2.24, 2.45) is 11.8 Å². The number of hydrogen-bond donors (Lipinski definition) is 3. The van der Waals surface area contributed by atoms with E-state index >= 15 is 0 Å². The van der Waals surface area contributed by atoms with Crippen LogP contribution in [-0.4, -0.2) is 43.6 Å². The maximum Gasteiger partial charge on any atom is 0.356 e. The Labute approximate surface area is 164 Å². The van der Waals surface area contributed by atoms with Crippen molar-refractivity contribution in [3.05, 3.63) is 28.9 Å². The lowest BCUT2D eigenvalue weighted by atomic mass is 9.92. The van der Waals surface area contributed by atoms with Gasteiger partial charge in [-0.05, 0) is 24.6 Å². The van der Waals surface area contributed by atoms with Crippen LogP contribution in [-0.2, 0) is 9.53 Å². The van der Waals surface area contributed by atoms with E-state index in [1.54, 1.807) is 18.2 Å². The molecule has 27 heavy (non-hydrogen) atoms. The number of ether oxygens (including phenoxy) is 1. The molecular formula is C20H27ClN3O3+. The molecule has 0 spiro atoms. The number of carbonyl (C=O) groups is 2. The zero-order chi connectivity index (χ0) is 19.6. The van der Waals surface area contributed by atoms with Crippen LogP contribution in [0.2, 0.25) is 5.02 Å². The third-order valence-electron chi connectivity index (χ3n) is 5.20. The Morgan fingerprint density at radius 1 is 1.30 bits per heavy atom. The van der Waals surface area contributed by atoms with E-state index in [4.69, 9.17) is 16.3 Å². The first-order valence-electron chi connectivity index (χ1n) is 9.40. The molecule has 0 bridgehead atoms. The number of esters is 1. The summed E-state index contributed by atoms with van der Waals surface area (Å²) >= 11 is 6.09. The average molecular weight is 393 g/mol. The number of piperidine rings is 1. The molecule has 0 aliphatic carbocycles. The van der Waals surface area contributed by atoms with E-state index < -0.39 is 5.97 Å². The quantitative estimate of drug-likeness (QED) is 0.684. The maximum atomic E-state index is 12.6. The molecule has 1 fully saturated rings. The van der Waals surface area contributed by atoms with Gasteiger partial charge in [-0.2, -0.15) is 0 Å². The number of aromatic nitrogens is 1. The zero-order valence-electron chi connectivity index (χ0n) is 16.0. The van der Waals surface area contributed by atoms with Crippen LogP contribution in [0.5, 0.6) is 0 Å². The first-order valence-corrected chi connectivity index (χ1v) is 9.78. The molecule has 3 rings (SSSR count). The molecule has 3 atom stereocenters. The standard InChI is InChI=1S/C20H26ClN3O3/c1-12-8-13(2)11-24(10-12)7-6-17(25)23-18-15-9-14(21)4-5-16(15)22-19(18)20(26)27-3/h4-5,9,12-13,22H,6-8,10-11H2,1-3H3,(H,23,25)/p+1/t12-,13+. The number of carbonyl (C=O) groups excluding carboxylic acids is 2. The highest BCUT2D eigenvalue weighted by atomic mass is 35.5. The molecule has 1 saturated heterocycles. The number of hydrogen-bond acceptors (Lipinski definition) is 3. The Morgan fingerprint density at radius 3 is 2.67 bits per heavy atom. The Balaban J connectivity index is 1.74. The minimum atomic E-state index is -0.526. The second-order valence-electron chi connectivity index (χ2n) is 7.71. The number of halogens is 1. The summed E-state index contributed by atoms with van der Waals surface area (Å²) in [6.07, 6.45) is 1.66. The van der Waals surface area contributed by atoms with Gasteiger partial charge in [0.2, 0.25) is 5.91 Å². The molecule has 1 aromatic heterocycles. The highest BCUT2D eigenvalue weighted by molar-refractivity contribution is 6.31. The van der Waals surface area contributed by atoms with Gasteiger partial charge in [-0.1, -0.05) is 25.4 Å². The molecule has 1 aliphatic heterocycles. The summed E-state index contributed by atoms with van der Waals surface area (Å²) in [5.74, 6) is 0.739. The van der Waals surface area contributed by atoms with Crippen LogP contribution in [0.25, 0.3) is 10.9 Å². The summed E-state index contributed by atoms with van der Waals surface area (Å²) < 4.78 is 4.84. The molecule has 1 unspecified atom stereocenters. The van der Waals surface area contributed by atoms with Crippen molar-refractivity contribution < 1.29 is 19.2 Å². The van der Waals surface area contributed by atoms with Gasteiger partial charge in [0, 0.05) is 27.8 Å². The summed E-state index contributed by atoms with van der Waals surface area (Å²) in [5.41, 5.74) is 1.38. The predicted molar refractivity (Wildman–Crippen MR) is 106 cm³/mol. The molecule has 1 aliphatic rings. The van der Waals surface area contributed by atoms with E-state index in [0.29, 0.717) is 34.4 Å². The number of methoxy groups -OCH3 is 1. The van der Waals surface area contributed by atoms with Gasteiger partial charge in [0.05, 0.1) is 38.9 Å². The van der Waals surface area contributed by atoms with Crippen LogP contribution in [0.4, 0.5) is 5.69 Å². The number of quaternary nitrogens is 1. The first kappa shape index (κ1) is 19.7. The van der Waals surface area contributed by atoms with Gasteiger partial charge in [-0.25, -0.2) is 4.79 Å². The minimum Gasteiger partial charge on any atom is -0.464 e. The number of amides is 1. The highest BCUT2D eigenvalue weighted by Gasteiger charge is 2.26. The van der Waals surface area contributed by atoms with Crippen molar-refractivity contribution in [1.82, 2.24) is 4.98 Å². The van der Waals surface area contributed by atoms with Gasteiger partial charge in [0.25, 0.3) is 0 Å². The van der Waals surface area contributed by atoms with Gasteiger partial charge in [0.1, 0.15) is 5.69 Å². The van der Waals surface area contributed by atoms with Crippen molar-refractivity contribution in [2.75, 3.05) is 32.1 Å². The third-order valence-corrected chi connectivity index (χ3v) is 5.43. The summed E-state index contributed by atoms with van der Waals surface area (Å²) in [7, 11) is 1.31. The molecule has 1 aromatic carbocycles. The molecule has 0 radical (unpaired) electrons.